The van der Waals surface area contributed by atoms with Crippen molar-refractivity contribution in [3.63, 3.8) is 0 Å². The predicted octanol–water partition coefficient (Wildman–Crippen LogP) is 6.03. The summed E-state index contributed by atoms with van der Waals surface area (Å²) in [7, 11) is 0. The standard InChI is InChI=1S/C26H40O5.Li.Na.2H/c1-2-3-4-5-6-7-8-9-10-11-12-13-14-15-16-17-24(27)31-26(30)23-20-18-22(19-21-23)25(28)29;;;;/h18-21H,2-17H2,1H3,(H,28,29);;;;. The summed E-state index contributed by atoms with van der Waals surface area (Å²) in [5, 5.41) is 8.85. The molecule has 7 heteroatoms. The molecule has 1 rings (SSSR count). The second-order valence-corrected chi connectivity index (χ2v) is 8.34. The minimum absolute atomic E-state index is 0. The molecule has 33 heavy (non-hydrogen) atoms. The van der Waals surface area contributed by atoms with Gasteiger partial charge in [-0.15, -0.1) is 0 Å². The zero-order valence-electron chi connectivity index (χ0n) is 19.2. The molecule has 0 fully saturated rings. The maximum absolute atomic E-state index is 11.9. The Bertz CT molecular complexity index is 649. The molecule has 1 aromatic rings. The summed E-state index contributed by atoms with van der Waals surface area (Å²) in [6, 6.07) is 5.34. The third kappa shape index (κ3) is 18.4. The van der Waals surface area contributed by atoms with E-state index in [-0.39, 0.29) is 66.0 Å². The predicted molar refractivity (Wildman–Crippen MR) is 138 cm³/mol. The molecule has 0 saturated heterocycles. The monoisotopic (exact) mass is 464 g/mol. The normalized spacial score (nSPS) is 10.1. The van der Waals surface area contributed by atoms with Crippen LogP contribution in [-0.2, 0) is 9.53 Å². The van der Waals surface area contributed by atoms with E-state index in [0.29, 0.717) is 0 Å². The van der Waals surface area contributed by atoms with Crippen LogP contribution in [-0.4, -0.2) is 71.4 Å². The van der Waals surface area contributed by atoms with Gasteiger partial charge in [0.05, 0.1) is 11.1 Å². The van der Waals surface area contributed by atoms with E-state index in [2.05, 4.69) is 6.92 Å². The Morgan fingerprint density at radius 2 is 1.03 bits per heavy atom. The van der Waals surface area contributed by atoms with Crippen LogP contribution in [0.1, 0.15) is 130 Å². The topological polar surface area (TPSA) is 80.7 Å². The number of benzene rings is 1. The van der Waals surface area contributed by atoms with Crippen LogP contribution < -0.4 is 0 Å². The molecule has 0 spiro atoms. The van der Waals surface area contributed by atoms with Gasteiger partial charge in [-0.2, -0.15) is 0 Å². The first kappa shape index (κ1) is 34.6. The molecule has 0 aromatic heterocycles. The number of unbranched alkanes of at least 4 members (excludes halogenated alkanes) is 14. The van der Waals surface area contributed by atoms with Crippen molar-refractivity contribution in [2.75, 3.05) is 0 Å². The number of carbonyl (C=O) groups excluding carboxylic acids is 2. The number of carboxylic acids is 1. The number of esters is 2. The van der Waals surface area contributed by atoms with Gasteiger partial charge in [-0.3, -0.25) is 4.79 Å². The van der Waals surface area contributed by atoms with E-state index in [0.717, 1.165) is 19.3 Å². The number of rotatable bonds is 18. The molecule has 0 aliphatic rings. The van der Waals surface area contributed by atoms with E-state index in [1.54, 1.807) is 0 Å². The average Bonchev–Trinajstić information content (AvgIpc) is 2.76. The molecule has 178 valence electrons. The summed E-state index contributed by atoms with van der Waals surface area (Å²) in [5.41, 5.74) is 0.260. The van der Waals surface area contributed by atoms with E-state index >= 15 is 0 Å². The van der Waals surface area contributed by atoms with E-state index < -0.39 is 17.9 Å². The van der Waals surface area contributed by atoms with Gasteiger partial charge in [0.2, 0.25) is 0 Å². The molecule has 0 radical (unpaired) electrons. The van der Waals surface area contributed by atoms with Gasteiger partial charge in [0.15, 0.2) is 0 Å². The summed E-state index contributed by atoms with van der Waals surface area (Å²) < 4.78 is 4.83. The van der Waals surface area contributed by atoms with Crippen molar-refractivity contribution in [1.82, 2.24) is 0 Å². The Morgan fingerprint density at radius 3 is 1.42 bits per heavy atom. The molecule has 0 aliphatic heterocycles. The zero-order chi connectivity index (χ0) is 22.7. The second kappa shape index (κ2) is 23.2. The zero-order valence-corrected chi connectivity index (χ0v) is 19.2. The van der Waals surface area contributed by atoms with Crippen LogP contribution in [0.2, 0.25) is 0 Å². The third-order valence-corrected chi connectivity index (χ3v) is 5.56. The van der Waals surface area contributed by atoms with Crippen molar-refractivity contribution >= 4 is 66.3 Å². The average molecular weight is 465 g/mol. The third-order valence-electron chi connectivity index (χ3n) is 5.56. The molecule has 0 amide bonds. The van der Waals surface area contributed by atoms with Crippen LogP contribution in [0.5, 0.6) is 0 Å². The Balaban J connectivity index is 0. The van der Waals surface area contributed by atoms with Gasteiger partial charge in [0.1, 0.15) is 0 Å². The summed E-state index contributed by atoms with van der Waals surface area (Å²) in [4.78, 5) is 34.5. The fraction of sp³-hybridized carbons (Fsp3) is 0.654. The molecule has 1 aromatic carbocycles. The Kier molecular flexibility index (Phi) is 24.3. The van der Waals surface area contributed by atoms with E-state index in [9.17, 15) is 14.4 Å². The maximum atomic E-state index is 11.9. The Morgan fingerprint density at radius 1 is 0.667 bits per heavy atom. The molecule has 1 N–H and O–H groups in total. The van der Waals surface area contributed by atoms with Gasteiger partial charge >= 0.3 is 66.3 Å². The summed E-state index contributed by atoms with van der Waals surface area (Å²) in [5.74, 6) is -2.32. The van der Waals surface area contributed by atoms with Crippen molar-refractivity contribution in [3.8, 4) is 0 Å². The quantitative estimate of drug-likeness (QED) is 0.124. The first-order valence-electron chi connectivity index (χ1n) is 12.1. The van der Waals surface area contributed by atoms with Gasteiger partial charge in [-0.1, -0.05) is 96.8 Å². The van der Waals surface area contributed by atoms with Crippen molar-refractivity contribution in [3.05, 3.63) is 35.4 Å². The molecule has 5 nitrogen and oxygen atoms in total. The van der Waals surface area contributed by atoms with Gasteiger partial charge in [-0.05, 0) is 30.7 Å². The van der Waals surface area contributed by atoms with Crippen molar-refractivity contribution in [1.29, 1.82) is 0 Å². The fourth-order valence-corrected chi connectivity index (χ4v) is 3.60. The molecule has 0 saturated carbocycles. The number of carboxylic acid groups (broad SMARTS) is 1. The van der Waals surface area contributed by atoms with Crippen molar-refractivity contribution in [2.24, 2.45) is 0 Å². The molecule has 0 unspecified atom stereocenters. The molecule has 0 aliphatic carbocycles. The first-order chi connectivity index (χ1) is 15.0. The van der Waals surface area contributed by atoms with Crippen LogP contribution in [0.4, 0.5) is 0 Å². The molecular weight excluding hydrogens is 422 g/mol. The SMILES string of the molecule is CCCCCCCCCCCCCCCCCC(=O)OC(=O)c1ccc(C(=O)O)cc1.[LiH].[NaH]. The first-order valence-corrected chi connectivity index (χ1v) is 12.1. The second-order valence-electron chi connectivity index (χ2n) is 8.34. The minimum atomic E-state index is -1.07. The number of ether oxygens (including phenoxy) is 1. The summed E-state index contributed by atoms with van der Waals surface area (Å²) in [6.07, 6.45) is 19.1. The number of hydrogen-bond acceptors (Lipinski definition) is 4. The molecule has 0 bridgehead atoms. The van der Waals surface area contributed by atoms with Crippen LogP contribution >= 0.6 is 0 Å². The van der Waals surface area contributed by atoms with Gasteiger partial charge in [0.25, 0.3) is 0 Å². The number of hydrogen-bond donors (Lipinski definition) is 1. The van der Waals surface area contributed by atoms with Crippen molar-refractivity contribution < 1.29 is 24.2 Å². The van der Waals surface area contributed by atoms with Gasteiger partial charge < -0.3 is 9.84 Å². The van der Waals surface area contributed by atoms with Crippen LogP contribution in [0.25, 0.3) is 0 Å². The van der Waals surface area contributed by atoms with Crippen LogP contribution in [0.15, 0.2) is 24.3 Å². The van der Waals surface area contributed by atoms with Crippen LogP contribution in [0.3, 0.4) is 0 Å². The Hall–Kier alpha value is -0.573. The van der Waals surface area contributed by atoms with Gasteiger partial charge in [0, 0.05) is 6.42 Å². The number of carbonyl (C=O) groups is 3. The molecule has 0 heterocycles. The van der Waals surface area contributed by atoms with Gasteiger partial charge in [-0.25, -0.2) is 9.59 Å². The number of aromatic carboxylic acids is 1. The van der Waals surface area contributed by atoms with E-state index in [1.165, 1.54) is 101 Å². The van der Waals surface area contributed by atoms with E-state index in [1.807, 2.05) is 0 Å². The molecule has 0 atom stereocenters. The molecular formula is C26H42LiNaO5. The Labute approximate surface area is 234 Å². The van der Waals surface area contributed by atoms with Crippen LogP contribution in [0, 0.1) is 0 Å². The summed E-state index contributed by atoms with van der Waals surface area (Å²) >= 11 is 0. The fourth-order valence-electron chi connectivity index (χ4n) is 3.60. The van der Waals surface area contributed by atoms with Crippen molar-refractivity contribution in [2.45, 2.75) is 110 Å². The summed E-state index contributed by atoms with van der Waals surface area (Å²) in [6.45, 7) is 2.25. The van der Waals surface area contributed by atoms with E-state index in [4.69, 9.17) is 9.84 Å².